The van der Waals surface area contributed by atoms with Crippen molar-refractivity contribution in [3.63, 3.8) is 0 Å². The smallest absolute Gasteiger partial charge is 0.325 e. The first-order chi connectivity index (χ1) is 12.0. The van der Waals surface area contributed by atoms with Crippen molar-refractivity contribution in [2.24, 2.45) is 0 Å². The fraction of sp³-hybridized carbons (Fsp3) is 0.842. The lowest BCUT2D eigenvalue weighted by Crippen LogP contribution is -2.18. The normalized spacial score (nSPS) is 12.0. The van der Waals surface area contributed by atoms with E-state index in [1.165, 1.54) is 70.6 Å². The second-order valence-corrected chi connectivity index (χ2v) is 8.65. The molecule has 0 rings (SSSR count). The first kappa shape index (κ1) is 25.6. The zero-order valence-electron chi connectivity index (χ0n) is 15.3. The van der Waals surface area contributed by atoms with Gasteiger partial charge in [0.05, 0.1) is 11.6 Å². The van der Waals surface area contributed by atoms with Gasteiger partial charge in [-0.2, -0.15) is 0 Å². The summed E-state index contributed by atoms with van der Waals surface area (Å²) in [7, 11) is 0. The van der Waals surface area contributed by atoms with E-state index in [1.54, 1.807) is 0 Å². The minimum absolute atomic E-state index is 0.0543. The summed E-state index contributed by atoms with van der Waals surface area (Å²) in [5.74, 6) is -0.456. The van der Waals surface area contributed by atoms with Crippen LogP contribution >= 0.6 is 50.7 Å². The molecule has 0 aliphatic carbocycles. The van der Waals surface area contributed by atoms with Crippen molar-refractivity contribution in [1.82, 2.24) is 0 Å². The summed E-state index contributed by atoms with van der Waals surface area (Å²) in [6, 6.07) is 0. The van der Waals surface area contributed by atoms with Crippen LogP contribution in [0.1, 0.15) is 90.4 Å². The highest BCUT2D eigenvalue weighted by Gasteiger charge is 2.22. The molecule has 0 bridgehead atoms. The summed E-state index contributed by atoms with van der Waals surface area (Å²) < 4.78 is 5.03. The Kier molecular flexibility index (Phi) is 18.4. The summed E-state index contributed by atoms with van der Waals surface area (Å²) in [6.07, 6.45) is 16.7. The van der Waals surface area contributed by atoms with Gasteiger partial charge in [-0.15, -0.1) is 0 Å². The number of unbranched alkanes of at least 4 members (excludes halogenated alkanes) is 12. The van der Waals surface area contributed by atoms with Gasteiger partial charge < -0.3 is 4.74 Å². The molecule has 1 unspecified atom stereocenters. The molecule has 25 heavy (non-hydrogen) atoms. The van der Waals surface area contributed by atoms with E-state index in [2.05, 4.69) is 22.9 Å². The van der Waals surface area contributed by atoms with E-state index in [4.69, 9.17) is 39.5 Å². The maximum absolute atomic E-state index is 11.7. The van der Waals surface area contributed by atoms with Crippen LogP contribution in [-0.4, -0.2) is 17.4 Å². The van der Waals surface area contributed by atoms with Gasteiger partial charge in [0.15, 0.2) is 0 Å². The second-order valence-electron chi connectivity index (χ2n) is 6.38. The lowest BCUT2D eigenvalue weighted by atomic mass is 10.0. The molecule has 0 heterocycles. The van der Waals surface area contributed by atoms with Crippen LogP contribution in [0.15, 0.2) is 9.52 Å². The van der Waals surface area contributed by atoms with E-state index < -0.39 is 10.8 Å². The second kappa shape index (κ2) is 17.9. The average molecular weight is 479 g/mol. The number of esters is 1. The molecule has 0 amide bonds. The van der Waals surface area contributed by atoms with Gasteiger partial charge in [-0.05, 0) is 6.42 Å². The highest BCUT2D eigenvalue weighted by atomic mass is 79.9. The summed E-state index contributed by atoms with van der Waals surface area (Å²) in [5, 5.41) is 0.0543. The Morgan fingerprint density at radius 2 is 1.20 bits per heavy atom. The summed E-state index contributed by atoms with van der Waals surface area (Å²) in [6.45, 7) is 2.66. The number of hydrogen-bond donors (Lipinski definition) is 0. The van der Waals surface area contributed by atoms with Gasteiger partial charge in [0.25, 0.3) is 0 Å². The molecule has 0 fully saturated rings. The monoisotopic (exact) mass is 476 g/mol. The average Bonchev–Trinajstić information content (AvgIpc) is 2.60. The van der Waals surface area contributed by atoms with Crippen molar-refractivity contribution in [3.8, 4) is 0 Å². The number of carbonyl (C=O) groups is 1. The van der Waals surface area contributed by atoms with Gasteiger partial charge in [0, 0.05) is 0 Å². The van der Waals surface area contributed by atoms with Crippen LogP contribution < -0.4 is 0 Å². The Labute approximate surface area is 177 Å². The maximum atomic E-state index is 11.7. The molecule has 0 aromatic heterocycles. The molecule has 0 aromatic rings. The Morgan fingerprint density at radius 3 is 1.60 bits per heavy atom. The van der Waals surface area contributed by atoms with Crippen LogP contribution in [0, 0.1) is 0 Å². The molecule has 0 spiro atoms. The number of alkyl halides is 1. The third kappa shape index (κ3) is 15.3. The van der Waals surface area contributed by atoms with Gasteiger partial charge in [0.2, 0.25) is 0 Å². The number of hydrogen-bond acceptors (Lipinski definition) is 2. The molecule has 0 aromatic carbocycles. The highest BCUT2D eigenvalue weighted by Crippen LogP contribution is 2.26. The van der Waals surface area contributed by atoms with Crippen LogP contribution in [0.4, 0.5) is 0 Å². The molecule has 2 nitrogen and oxygen atoms in total. The molecular formula is C19H32BrCl3O2. The van der Waals surface area contributed by atoms with E-state index in [-0.39, 0.29) is 9.52 Å². The van der Waals surface area contributed by atoms with Crippen LogP contribution in [0.5, 0.6) is 0 Å². The van der Waals surface area contributed by atoms with Gasteiger partial charge in [-0.25, -0.2) is 0 Å². The van der Waals surface area contributed by atoms with Crippen molar-refractivity contribution in [1.29, 1.82) is 0 Å². The highest BCUT2D eigenvalue weighted by molar-refractivity contribution is 9.10. The number of carbonyl (C=O) groups excluding carboxylic acids is 1. The molecule has 0 aliphatic rings. The molecule has 148 valence electrons. The molecule has 0 saturated heterocycles. The molecule has 0 radical (unpaired) electrons. The molecular weight excluding hydrogens is 446 g/mol. The van der Waals surface area contributed by atoms with Gasteiger partial charge in [0.1, 0.15) is 9.32 Å². The Hall–Kier alpha value is 0.560. The van der Waals surface area contributed by atoms with Crippen LogP contribution in [0.25, 0.3) is 0 Å². The summed E-state index contributed by atoms with van der Waals surface area (Å²) >= 11 is 20.0. The van der Waals surface area contributed by atoms with E-state index >= 15 is 0 Å². The molecule has 0 aliphatic heterocycles. The third-order valence-corrected chi connectivity index (χ3v) is 6.21. The van der Waals surface area contributed by atoms with Crippen LogP contribution in [-0.2, 0) is 9.53 Å². The van der Waals surface area contributed by atoms with E-state index in [1.807, 2.05) is 0 Å². The Balaban J connectivity index is 3.37. The molecule has 0 saturated carbocycles. The standard InChI is InChI=1S/C19H32BrCl3O2/c1-2-3-4-5-6-7-8-9-10-11-12-13-14-15-25-19(24)16(20)17(21)18(22)23/h16H,2-15H2,1H3. The lowest BCUT2D eigenvalue weighted by Gasteiger charge is -2.09. The topological polar surface area (TPSA) is 26.3 Å². The largest absolute Gasteiger partial charge is 0.465 e. The molecule has 1 atom stereocenters. The van der Waals surface area contributed by atoms with E-state index in [0.29, 0.717) is 6.61 Å². The summed E-state index contributed by atoms with van der Waals surface area (Å²) in [4.78, 5) is 10.9. The van der Waals surface area contributed by atoms with Gasteiger partial charge in [-0.3, -0.25) is 4.79 Å². The zero-order valence-corrected chi connectivity index (χ0v) is 19.2. The molecule has 6 heteroatoms. The van der Waals surface area contributed by atoms with Gasteiger partial charge in [-0.1, -0.05) is 135 Å². The lowest BCUT2D eigenvalue weighted by molar-refractivity contribution is -0.142. The first-order valence-electron chi connectivity index (χ1n) is 9.52. The van der Waals surface area contributed by atoms with E-state index in [9.17, 15) is 4.79 Å². The zero-order chi connectivity index (χ0) is 18.9. The third-order valence-electron chi connectivity index (χ3n) is 4.10. The van der Waals surface area contributed by atoms with E-state index in [0.717, 1.165) is 12.8 Å². The van der Waals surface area contributed by atoms with Crippen molar-refractivity contribution in [2.75, 3.05) is 6.61 Å². The molecule has 0 N–H and O–H groups in total. The first-order valence-corrected chi connectivity index (χ1v) is 11.6. The van der Waals surface area contributed by atoms with Gasteiger partial charge >= 0.3 is 5.97 Å². The predicted molar refractivity (Wildman–Crippen MR) is 114 cm³/mol. The maximum Gasteiger partial charge on any atom is 0.325 e. The number of ether oxygens (including phenoxy) is 1. The SMILES string of the molecule is CCCCCCCCCCCCCCCOC(=O)C(Br)C(Cl)=C(Cl)Cl. The van der Waals surface area contributed by atoms with Crippen molar-refractivity contribution < 1.29 is 9.53 Å². The minimum atomic E-state index is -0.791. The number of rotatable bonds is 16. The van der Waals surface area contributed by atoms with Crippen molar-refractivity contribution in [2.45, 2.75) is 95.2 Å². The quantitative estimate of drug-likeness (QED) is 0.127. The van der Waals surface area contributed by atoms with Crippen LogP contribution in [0.3, 0.4) is 0 Å². The van der Waals surface area contributed by atoms with Crippen molar-refractivity contribution >= 4 is 56.7 Å². The van der Waals surface area contributed by atoms with Crippen molar-refractivity contribution in [3.05, 3.63) is 9.52 Å². The number of halogens is 4. The fourth-order valence-corrected chi connectivity index (χ4v) is 3.50. The fourth-order valence-electron chi connectivity index (χ4n) is 2.57. The minimum Gasteiger partial charge on any atom is -0.465 e. The summed E-state index contributed by atoms with van der Waals surface area (Å²) in [5.41, 5.74) is 0. The Morgan fingerprint density at radius 1 is 0.800 bits per heavy atom. The Bertz CT molecular complexity index is 372. The predicted octanol–water partition coefficient (Wildman–Crippen LogP) is 8.27. The van der Waals surface area contributed by atoms with Crippen LogP contribution in [0.2, 0.25) is 0 Å².